The predicted molar refractivity (Wildman–Crippen MR) is 79.0 cm³/mol. The van der Waals surface area contributed by atoms with Gasteiger partial charge >= 0.3 is 6.61 Å². The number of aromatic nitrogens is 1. The molecule has 0 amide bonds. The van der Waals surface area contributed by atoms with Crippen molar-refractivity contribution in [3.8, 4) is 11.5 Å². The molecule has 112 valence electrons. The molecule has 0 aliphatic rings. The lowest BCUT2D eigenvalue weighted by molar-refractivity contribution is -0.0498. The molecule has 0 saturated carbocycles. The Morgan fingerprint density at radius 1 is 1.38 bits per heavy atom. The van der Waals surface area contributed by atoms with E-state index in [2.05, 4.69) is 31.0 Å². The smallest absolute Gasteiger partial charge is 0.387 e. The Bertz CT molecular complexity index is 626. The third-order valence-corrected chi connectivity index (χ3v) is 3.29. The third-order valence-electron chi connectivity index (χ3n) is 2.48. The molecule has 2 aromatic rings. The maximum atomic E-state index is 12.4. The Morgan fingerprint density at radius 3 is 2.76 bits per heavy atom. The lowest BCUT2D eigenvalue weighted by Crippen LogP contribution is -2.08. The molecule has 1 aromatic heterocycles. The Hall–Kier alpha value is -1.60. The summed E-state index contributed by atoms with van der Waals surface area (Å²) in [5.41, 5.74) is 0.927. The van der Waals surface area contributed by atoms with Crippen LogP contribution in [0.25, 0.3) is 0 Å². The number of anilines is 1. The molecule has 0 aliphatic heterocycles. The van der Waals surface area contributed by atoms with Crippen LogP contribution in [0.5, 0.6) is 11.5 Å². The summed E-state index contributed by atoms with van der Waals surface area (Å²) in [6.45, 7) is -2.69. The van der Waals surface area contributed by atoms with Crippen LogP contribution in [0.15, 0.2) is 34.9 Å². The van der Waals surface area contributed by atoms with E-state index in [0.717, 1.165) is 0 Å². The van der Waals surface area contributed by atoms with Crippen molar-refractivity contribution in [2.24, 2.45) is 0 Å². The van der Waals surface area contributed by atoms with Crippen LogP contribution in [0.1, 0.15) is 5.69 Å². The number of aromatic hydroxyl groups is 1. The van der Waals surface area contributed by atoms with Crippen LogP contribution in [-0.4, -0.2) is 16.7 Å². The van der Waals surface area contributed by atoms with E-state index in [1.165, 1.54) is 24.4 Å². The van der Waals surface area contributed by atoms with Gasteiger partial charge in [0.2, 0.25) is 0 Å². The minimum absolute atomic E-state index is 0.0341. The van der Waals surface area contributed by atoms with Gasteiger partial charge < -0.3 is 15.2 Å². The molecule has 0 aliphatic carbocycles. The van der Waals surface area contributed by atoms with Gasteiger partial charge in [0.05, 0.1) is 28.6 Å². The molecule has 0 spiro atoms. The van der Waals surface area contributed by atoms with Crippen LogP contribution in [-0.2, 0) is 6.54 Å². The second kappa shape index (κ2) is 6.91. The first-order valence-electron chi connectivity index (χ1n) is 5.77. The van der Waals surface area contributed by atoms with E-state index in [4.69, 9.17) is 16.7 Å². The van der Waals surface area contributed by atoms with Gasteiger partial charge in [0.15, 0.2) is 5.75 Å². The Morgan fingerprint density at radius 2 is 2.14 bits per heavy atom. The maximum Gasteiger partial charge on any atom is 0.387 e. The average molecular weight is 380 g/mol. The molecule has 0 atom stereocenters. The van der Waals surface area contributed by atoms with Gasteiger partial charge in [-0.2, -0.15) is 8.78 Å². The zero-order chi connectivity index (χ0) is 15.4. The van der Waals surface area contributed by atoms with Crippen molar-refractivity contribution >= 4 is 33.2 Å². The van der Waals surface area contributed by atoms with Crippen LogP contribution >= 0.6 is 27.5 Å². The zero-order valence-corrected chi connectivity index (χ0v) is 12.8. The van der Waals surface area contributed by atoms with E-state index in [0.29, 0.717) is 20.9 Å². The molecule has 21 heavy (non-hydrogen) atoms. The molecule has 0 unspecified atom stereocenters. The Kier molecular flexibility index (Phi) is 5.19. The molecule has 4 nitrogen and oxygen atoms in total. The number of hydrogen-bond acceptors (Lipinski definition) is 4. The second-order valence-electron chi connectivity index (χ2n) is 4.00. The standard InChI is InChI=1S/C13H10BrClF2N2O2/c14-10-3-7(15)4-11(12(10)21-13(16)17)19-5-8-1-2-9(20)6-18-8/h1-4,6,13,19-20H,5H2. The second-order valence-corrected chi connectivity index (χ2v) is 5.29. The number of ether oxygens (including phenoxy) is 1. The van der Waals surface area contributed by atoms with Gasteiger partial charge in [0, 0.05) is 5.02 Å². The van der Waals surface area contributed by atoms with Crippen LogP contribution in [0.2, 0.25) is 5.02 Å². The number of halogens is 4. The number of hydrogen-bond donors (Lipinski definition) is 2. The van der Waals surface area contributed by atoms with Gasteiger partial charge in [0.25, 0.3) is 0 Å². The van der Waals surface area contributed by atoms with Crippen molar-refractivity contribution < 1.29 is 18.6 Å². The Labute approximate surface area is 132 Å². The van der Waals surface area contributed by atoms with Gasteiger partial charge in [-0.25, -0.2) is 0 Å². The van der Waals surface area contributed by atoms with E-state index in [1.54, 1.807) is 6.07 Å². The number of rotatable bonds is 5. The van der Waals surface area contributed by atoms with Crippen molar-refractivity contribution in [2.75, 3.05) is 5.32 Å². The summed E-state index contributed by atoms with van der Waals surface area (Å²) >= 11 is 9.03. The molecular weight excluding hydrogens is 370 g/mol. The highest BCUT2D eigenvalue weighted by Crippen LogP contribution is 2.37. The van der Waals surface area contributed by atoms with Crippen molar-refractivity contribution in [1.29, 1.82) is 0 Å². The van der Waals surface area contributed by atoms with Gasteiger partial charge in [-0.3, -0.25) is 4.98 Å². The van der Waals surface area contributed by atoms with Crippen molar-refractivity contribution in [2.45, 2.75) is 13.2 Å². The molecule has 0 bridgehead atoms. The maximum absolute atomic E-state index is 12.4. The molecule has 1 aromatic carbocycles. The predicted octanol–water partition coefficient (Wildman–Crippen LogP) is 4.42. The lowest BCUT2D eigenvalue weighted by Gasteiger charge is -2.14. The average Bonchev–Trinajstić information content (AvgIpc) is 2.41. The number of nitrogens with zero attached hydrogens (tertiary/aromatic N) is 1. The van der Waals surface area contributed by atoms with Gasteiger partial charge in [0.1, 0.15) is 5.75 Å². The highest BCUT2D eigenvalue weighted by molar-refractivity contribution is 9.10. The van der Waals surface area contributed by atoms with Crippen LogP contribution < -0.4 is 10.1 Å². The normalized spacial score (nSPS) is 10.7. The summed E-state index contributed by atoms with van der Waals surface area (Å²) in [6, 6.07) is 6.03. The zero-order valence-electron chi connectivity index (χ0n) is 10.5. The molecule has 0 saturated heterocycles. The lowest BCUT2D eigenvalue weighted by atomic mass is 10.2. The fourth-order valence-electron chi connectivity index (χ4n) is 1.61. The highest BCUT2D eigenvalue weighted by atomic mass is 79.9. The third kappa shape index (κ3) is 4.44. The summed E-state index contributed by atoms with van der Waals surface area (Å²) in [4.78, 5) is 3.98. The SMILES string of the molecule is Oc1ccc(CNc2cc(Cl)cc(Br)c2OC(F)F)nc1. The first-order chi connectivity index (χ1) is 9.95. The van der Waals surface area contributed by atoms with Crippen molar-refractivity contribution in [1.82, 2.24) is 4.98 Å². The molecule has 0 radical (unpaired) electrons. The largest absolute Gasteiger partial charge is 0.506 e. The fourth-order valence-corrected chi connectivity index (χ4v) is 2.51. The van der Waals surface area contributed by atoms with Crippen LogP contribution in [0, 0.1) is 0 Å². The first-order valence-corrected chi connectivity index (χ1v) is 6.94. The monoisotopic (exact) mass is 378 g/mol. The quantitative estimate of drug-likeness (QED) is 0.808. The summed E-state index contributed by atoms with van der Waals surface area (Å²) in [5.74, 6) is 0.0131. The summed E-state index contributed by atoms with van der Waals surface area (Å²) in [6.07, 6.45) is 1.29. The van der Waals surface area contributed by atoms with Gasteiger partial charge in [-0.1, -0.05) is 11.6 Å². The molecule has 1 heterocycles. The minimum Gasteiger partial charge on any atom is -0.506 e. The molecule has 2 N–H and O–H groups in total. The van der Waals surface area contributed by atoms with Gasteiger partial charge in [-0.05, 0) is 40.2 Å². The summed E-state index contributed by atoms with van der Waals surface area (Å²) in [7, 11) is 0. The fraction of sp³-hybridized carbons (Fsp3) is 0.154. The van der Waals surface area contributed by atoms with E-state index in [9.17, 15) is 8.78 Å². The molecule has 2 rings (SSSR count). The Balaban J connectivity index is 2.19. The van der Waals surface area contributed by atoms with E-state index in [1.807, 2.05) is 0 Å². The van der Waals surface area contributed by atoms with E-state index in [-0.39, 0.29) is 18.0 Å². The van der Waals surface area contributed by atoms with E-state index < -0.39 is 6.61 Å². The molecule has 0 fully saturated rings. The summed E-state index contributed by atoms with van der Waals surface area (Å²) < 4.78 is 29.7. The first kappa shape index (κ1) is 15.8. The van der Waals surface area contributed by atoms with Crippen LogP contribution in [0.4, 0.5) is 14.5 Å². The summed E-state index contributed by atoms with van der Waals surface area (Å²) in [5, 5.41) is 12.4. The van der Waals surface area contributed by atoms with Crippen molar-refractivity contribution in [3.63, 3.8) is 0 Å². The molecule has 8 heteroatoms. The van der Waals surface area contributed by atoms with Crippen molar-refractivity contribution in [3.05, 3.63) is 45.7 Å². The molecular formula is C13H10BrClF2N2O2. The topological polar surface area (TPSA) is 54.4 Å². The number of alkyl halides is 2. The highest BCUT2D eigenvalue weighted by Gasteiger charge is 2.15. The number of pyridine rings is 1. The van der Waals surface area contributed by atoms with Crippen LogP contribution in [0.3, 0.4) is 0 Å². The number of nitrogens with one attached hydrogen (secondary N) is 1. The number of benzene rings is 1. The van der Waals surface area contributed by atoms with E-state index >= 15 is 0 Å². The van der Waals surface area contributed by atoms with Gasteiger partial charge in [-0.15, -0.1) is 0 Å². The minimum atomic E-state index is -2.95.